The van der Waals surface area contributed by atoms with Crippen molar-refractivity contribution in [2.24, 2.45) is 11.7 Å². The Hall–Kier alpha value is -0.850. The van der Waals surface area contributed by atoms with Crippen LogP contribution in [-0.4, -0.2) is 67.6 Å². The van der Waals surface area contributed by atoms with Crippen molar-refractivity contribution < 1.29 is 14.3 Å². The normalized spacial score (nSPS) is 18.5. The van der Waals surface area contributed by atoms with E-state index in [1.807, 2.05) is 13.8 Å². The molecule has 1 rings (SSSR count). The molecule has 0 aliphatic carbocycles. The number of methoxy groups -OCH3 is 1. The molecule has 2 atom stereocenters. The third-order valence-electron chi connectivity index (χ3n) is 3.39. The maximum Gasteiger partial charge on any atom is 0.248 e. The molecule has 112 valence electrons. The van der Waals surface area contributed by atoms with Crippen molar-refractivity contribution in [1.82, 2.24) is 9.80 Å². The first-order valence-corrected chi connectivity index (χ1v) is 6.28. The van der Waals surface area contributed by atoms with E-state index in [2.05, 4.69) is 0 Å². The van der Waals surface area contributed by atoms with Gasteiger partial charge in [0.15, 0.2) is 0 Å². The van der Waals surface area contributed by atoms with Crippen LogP contribution in [0.3, 0.4) is 0 Å². The van der Waals surface area contributed by atoms with Crippen LogP contribution in [0.4, 0.5) is 0 Å². The van der Waals surface area contributed by atoms with E-state index in [4.69, 9.17) is 10.5 Å². The first-order chi connectivity index (χ1) is 8.47. The predicted octanol–water partition coefficient (Wildman–Crippen LogP) is -0.291. The molecule has 1 fully saturated rings. The highest BCUT2D eigenvalue weighted by molar-refractivity contribution is 5.85. The number of ether oxygens (including phenoxy) is 1. The second-order valence-electron chi connectivity index (χ2n) is 4.79. The van der Waals surface area contributed by atoms with Crippen molar-refractivity contribution in [2.45, 2.75) is 19.9 Å². The first-order valence-electron chi connectivity index (χ1n) is 6.28. The number of carbonyl (C=O) groups is 2. The maximum atomic E-state index is 12.1. The molecule has 2 amide bonds. The molecule has 7 heteroatoms. The van der Waals surface area contributed by atoms with Gasteiger partial charge < -0.3 is 20.3 Å². The van der Waals surface area contributed by atoms with Gasteiger partial charge in [-0.25, -0.2) is 0 Å². The molecule has 1 aliphatic heterocycles. The number of hydrogen-bond acceptors (Lipinski definition) is 4. The highest BCUT2D eigenvalue weighted by atomic mass is 35.5. The van der Waals surface area contributed by atoms with Crippen molar-refractivity contribution in [3.05, 3.63) is 0 Å². The minimum absolute atomic E-state index is 0. The highest BCUT2D eigenvalue weighted by Crippen LogP contribution is 2.10. The highest BCUT2D eigenvalue weighted by Gasteiger charge is 2.27. The zero-order valence-corrected chi connectivity index (χ0v) is 12.6. The summed E-state index contributed by atoms with van der Waals surface area (Å²) >= 11 is 0. The van der Waals surface area contributed by atoms with E-state index >= 15 is 0 Å². The molecule has 19 heavy (non-hydrogen) atoms. The van der Waals surface area contributed by atoms with E-state index in [9.17, 15) is 9.59 Å². The Morgan fingerprint density at radius 2 is 1.63 bits per heavy atom. The number of carbonyl (C=O) groups excluding carboxylic acids is 2. The van der Waals surface area contributed by atoms with Crippen LogP contribution in [0.15, 0.2) is 0 Å². The van der Waals surface area contributed by atoms with Crippen molar-refractivity contribution in [1.29, 1.82) is 0 Å². The topological polar surface area (TPSA) is 75.9 Å². The van der Waals surface area contributed by atoms with E-state index in [1.54, 1.807) is 9.80 Å². The van der Waals surface area contributed by atoms with E-state index in [-0.39, 0.29) is 42.8 Å². The van der Waals surface area contributed by atoms with Gasteiger partial charge in [0.2, 0.25) is 11.8 Å². The molecule has 0 radical (unpaired) electrons. The Morgan fingerprint density at radius 3 is 2.05 bits per heavy atom. The van der Waals surface area contributed by atoms with E-state index in [0.717, 1.165) is 0 Å². The molecular weight excluding hydrogens is 270 g/mol. The molecule has 0 aromatic heterocycles. The number of nitrogens with zero attached hydrogens (tertiary/aromatic N) is 2. The minimum atomic E-state index is -0.175. The fraction of sp³-hybridized carbons (Fsp3) is 0.833. The van der Waals surface area contributed by atoms with Gasteiger partial charge in [0, 0.05) is 39.3 Å². The molecular formula is C12H24ClN3O3. The molecule has 0 spiro atoms. The van der Waals surface area contributed by atoms with Gasteiger partial charge in [-0.05, 0) is 6.92 Å². The third-order valence-corrected chi connectivity index (χ3v) is 3.39. The van der Waals surface area contributed by atoms with Crippen molar-refractivity contribution in [3.63, 3.8) is 0 Å². The fourth-order valence-corrected chi connectivity index (χ4v) is 1.90. The Balaban J connectivity index is 0.00000324. The van der Waals surface area contributed by atoms with Gasteiger partial charge in [-0.2, -0.15) is 0 Å². The average Bonchev–Trinajstić information content (AvgIpc) is 2.37. The van der Waals surface area contributed by atoms with E-state index < -0.39 is 0 Å². The van der Waals surface area contributed by atoms with E-state index in [1.165, 1.54) is 7.11 Å². The zero-order valence-electron chi connectivity index (χ0n) is 11.8. The average molecular weight is 294 g/mol. The molecule has 0 bridgehead atoms. The molecule has 0 saturated carbocycles. The second kappa shape index (κ2) is 8.35. The SMILES string of the molecule is COCC(=O)N1CCN(C(=O)C(C)C(C)N)CC1.Cl. The van der Waals surface area contributed by atoms with Gasteiger partial charge in [-0.1, -0.05) is 6.92 Å². The molecule has 0 aromatic carbocycles. The lowest BCUT2D eigenvalue weighted by Crippen LogP contribution is -2.53. The molecule has 2 N–H and O–H groups in total. The summed E-state index contributed by atoms with van der Waals surface area (Å²) in [5.41, 5.74) is 5.73. The van der Waals surface area contributed by atoms with Gasteiger partial charge in [0.05, 0.1) is 5.92 Å². The standard InChI is InChI=1S/C12H23N3O3.ClH/c1-9(10(2)13)12(17)15-6-4-14(5-7-15)11(16)8-18-3;/h9-10H,4-8,13H2,1-3H3;1H. The lowest BCUT2D eigenvalue weighted by Gasteiger charge is -2.36. The zero-order chi connectivity index (χ0) is 13.7. The van der Waals surface area contributed by atoms with Crippen LogP contribution in [0.5, 0.6) is 0 Å². The first kappa shape index (κ1) is 18.1. The molecule has 0 aromatic rings. The van der Waals surface area contributed by atoms with Crippen LogP contribution in [-0.2, 0) is 14.3 Å². The lowest BCUT2D eigenvalue weighted by atomic mass is 10.0. The second-order valence-corrected chi connectivity index (χ2v) is 4.79. The number of rotatable bonds is 4. The van der Waals surface area contributed by atoms with Crippen LogP contribution in [0.1, 0.15) is 13.8 Å². The fourth-order valence-electron chi connectivity index (χ4n) is 1.90. The monoisotopic (exact) mass is 293 g/mol. The Labute approximate surface area is 120 Å². The summed E-state index contributed by atoms with van der Waals surface area (Å²) in [7, 11) is 1.50. The van der Waals surface area contributed by atoms with Crippen molar-refractivity contribution in [3.8, 4) is 0 Å². The largest absolute Gasteiger partial charge is 0.375 e. The van der Waals surface area contributed by atoms with Crippen LogP contribution >= 0.6 is 12.4 Å². The van der Waals surface area contributed by atoms with Gasteiger partial charge >= 0.3 is 0 Å². The molecule has 1 heterocycles. The smallest absolute Gasteiger partial charge is 0.248 e. The summed E-state index contributed by atoms with van der Waals surface area (Å²) in [5.74, 6) is -0.125. The van der Waals surface area contributed by atoms with Gasteiger partial charge in [-0.3, -0.25) is 9.59 Å². The summed E-state index contributed by atoms with van der Waals surface area (Å²) in [6, 6.07) is -0.148. The molecule has 1 aliphatic rings. The van der Waals surface area contributed by atoms with Crippen molar-refractivity contribution in [2.75, 3.05) is 39.9 Å². The number of amides is 2. The Bertz CT molecular complexity index is 305. The van der Waals surface area contributed by atoms with Crippen LogP contribution < -0.4 is 5.73 Å². The summed E-state index contributed by atoms with van der Waals surface area (Å²) in [4.78, 5) is 27.2. The summed E-state index contributed by atoms with van der Waals surface area (Å²) < 4.78 is 4.81. The van der Waals surface area contributed by atoms with E-state index in [0.29, 0.717) is 26.2 Å². The van der Waals surface area contributed by atoms with Crippen molar-refractivity contribution >= 4 is 24.2 Å². The molecule has 2 unspecified atom stereocenters. The number of nitrogens with two attached hydrogens (primary N) is 1. The lowest BCUT2D eigenvalue weighted by molar-refractivity contribution is -0.143. The minimum Gasteiger partial charge on any atom is -0.375 e. The predicted molar refractivity (Wildman–Crippen MR) is 75.1 cm³/mol. The summed E-state index contributed by atoms with van der Waals surface area (Å²) in [6.45, 7) is 6.07. The maximum absolute atomic E-state index is 12.1. The Kier molecular flexibility index (Phi) is 7.97. The third kappa shape index (κ3) is 4.97. The van der Waals surface area contributed by atoms with Gasteiger partial charge in [0.1, 0.15) is 6.61 Å². The van der Waals surface area contributed by atoms with Gasteiger partial charge in [-0.15, -0.1) is 12.4 Å². The van der Waals surface area contributed by atoms with Crippen LogP contribution in [0.2, 0.25) is 0 Å². The van der Waals surface area contributed by atoms with Gasteiger partial charge in [0.25, 0.3) is 0 Å². The quantitative estimate of drug-likeness (QED) is 0.773. The van der Waals surface area contributed by atoms with Crippen LogP contribution in [0.25, 0.3) is 0 Å². The number of halogens is 1. The summed E-state index contributed by atoms with van der Waals surface area (Å²) in [5, 5.41) is 0. The Morgan fingerprint density at radius 1 is 1.16 bits per heavy atom. The molecule has 6 nitrogen and oxygen atoms in total. The number of piperazine rings is 1. The molecule has 1 saturated heterocycles. The van der Waals surface area contributed by atoms with Crippen LogP contribution in [0, 0.1) is 5.92 Å². The number of hydrogen-bond donors (Lipinski definition) is 1. The summed E-state index contributed by atoms with van der Waals surface area (Å²) in [6.07, 6.45) is 0.